The average molecular weight is 615 g/mol. The van der Waals surface area contributed by atoms with Crippen LogP contribution in [0.4, 0.5) is 0 Å². The number of ether oxygens (including phenoxy) is 2. The number of hydrogen-bond acceptors (Lipinski definition) is 7. The third kappa shape index (κ3) is 7.41. The lowest BCUT2D eigenvalue weighted by molar-refractivity contribution is -0.167. The quantitative estimate of drug-likeness (QED) is 0.131. The molecular weight excluding hydrogens is 563 g/mol. The van der Waals surface area contributed by atoms with Crippen LogP contribution in [-0.4, -0.2) is 57.0 Å². The van der Waals surface area contributed by atoms with Crippen LogP contribution in [0.1, 0.15) is 104 Å². The maximum Gasteiger partial charge on any atom is 0.326 e. The van der Waals surface area contributed by atoms with Crippen molar-refractivity contribution in [1.29, 1.82) is 0 Å². The van der Waals surface area contributed by atoms with Crippen LogP contribution in [0, 0.1) is 52.3 Å². The summed E-state index contributed by atoms with van der Waals surface area (Å²) in [7, 11) is -4.53. The standard InChI is InChI=1S/C31H51O10P/c1-19(4-10-27(33)40-18-41-28(34)11-5-20(29(35)36)17-42(37,38)39)24-8-9-25-23-7-6-21-16-22(32)12-14-30(21,2)26(23)13-15-31(24,25)3/h19-26,32H,4-18H2,1-3H3,(H,35,36)(H2,37,38,39)/t19?,20?,21?,22-,23?,24?,25?,26?,30+,31-/m1/s1. The molecule has 10 atom stereocenters. The van der Waals surface area contributed by atoms with E-state index in [2.05, 4.69) is 20.8 Å². The molecule has 0 spiro atoms. The number of carboxylic acids is 1. The minimum absolute atomic E-state index is 0.122. The molecule has 4 aliphatic carbocycles. The molecule has 10 nitrogen and oxygen atoms in total. The first-order valence-electron chi connectivity index (χ1n) is 15.9. The van der Waals surface area contributed by atoms with Gasteiger partial charge in [0.15, 0.2) is 0 Å². The summed E-state index contributed by atoms with van der Waals surface area (Å²) >= 11 is 0. The Bertz CT molecular complexity index is 1040. The Balaban J connectivity index is 1.20. The third-order valence-electron chi connectivity index (χ3n) is 12.1. The van der Waals surface area contributed by atoms with Crippen molar-refractivity contribution in [2.75, 3.05) is 13.0 Å². The second-order valence-corrected chi connectivity index (χ2v) is 16.1. The summed E-state index contributed by atoms with van der Waals surface area (Å²) in [5, 5.41) is 19.4. The van der Waals surface area contributed by atoms with Crippen LogP contribution in [-0.2, 0) is 28.4 Å². The van der Waals surface area contributed by atoms with Gasteiger partial charge in [-0.15, -0.1) is 0 Å². The van der Waals surface area contributed by atoms with Crippen LogP contribution < -0.4 is 0 Å². The van der Waals surface area contributed by atoms with Crippen LogP contribution in [0.2, 0.25) is 0 Å². The Morgan fingerprint density at radius 1 is 0.881 bits per heavy atom. The molecule has 7 unspecified atom stereocenters. The molecular formula is C31H51O10P. The molecule has 4 rings (SSSR count). The number of carboxylic acid groups (broad SMARTS) is 1. The molecule has 0 radical (unpaired) electrons. The van der Waals surface area contributed by atoms with Gasteiger partial charge in [0, 0.05) is 12.8 Å². The molecule has 0 aromatic heterocycles. The summed E-state index contributed by atoms with van der Waals surface area (Å²) in [5.74, 6) is -0.176. The highest BCUT2D eigenvalue weighted by atomic mass is 31.2. The number of fused-ring (bicyclic) bond motifs is 5. The zero-order chi connectivity index (χ0) is 30.9. The highest BCUT2D eigenvalue weighted by Crippen LogP contribution is 2.68. The Morgan fingerprint density at radius 2 is 1.50 bits per heavy atom. The minimum atomic E-state index is -4.53. The number of rotatable bonds is 12. The summed E-state index contributed by atoms with van der Waals surface area (Å²) < 4.78 is 21.1. The molecule has 4 N–H and O–H groups in total. The van der Waals surface area contributed by atoms with Gasteiger partial charge in [-0.2, -0.15) is 0 Å². The number of carbonyl (C=O) groups excluding carboxylic acids is 2. The molecule has 11 heteroatoms. The van der Waals surface area contributed by atoms with Crippen molar-refractivity contribution in [2.24, 2.45) is 52.3 Å². The second kappa shape index (κ2) is 13.3. The number of aliphatic carboxylic acids is 1. The molecule has 42 heavy (non-hydrogen) atoms. The van der Waals surface area contributed by atoms with Gasteiger partial charge in [-0.25, -0.2) is 0 Å². The number of esters is 2. The molecule has 4 aliphatic rings. The first-order chi connectivity index (χ1) is 19.6. The largest absolute Gasteiger partial charge is 0.481 e. The van der Waals surface area contributed by atoms with Crippen molar-refractivity contribution in [1.82, 2.24) is 0 Å². The van der Waals surface area contributed by atoms with Gasteiger partial charge in [0.1, 0.15) is 0 Å². The van der Waals surface area contributed by atoms with Gasteiger partial charge < -0.3 is 29.5 Å². The first-order valence-corrected chi connectivity index (χ1v) is 17.7. The summed E-state index contributed by atoms with van der Waals surface area (Å²) in [6.45, 7) is 6.69. The fraction of sp³-hybridized carbons (Fsp3) is 0.903. The molecule has 4 fully saturated rings. The maximum absolute atomic E-state index is 12.4. The number of carbonyl (C=O) groups is 3. The highest BCUT2D eigenvalue weighted by molar-refractivity contribution is 7.51. The smallest absolute Gasteiger partial charge is 0.326 e. The fourth-order valence-electron chi connectivity index (χ4n) is 9.93. The molecule has 0 aromatic carbocycles. The van der Waals surface area contributed by atoms with Crippen LogP contribution in [0.15, 0.2) is 0 Å². The normalized spacial score (nSPS) is 37.5. The first kappa shape index (κ1) is 33.4. The van der Waals surface area contributed by atoms with Crippen LogP contribution in [0.3, 0.4) is 0 Å². The van der Waals surface area contributed by atoms with E-state index in [1.807, 2.05) is 0 Å². The van der Waals surface area contributed by atoms with Crippen LogP contribution >= 0.6 is 7.60 Å². The van der Waals surface area contributed by atoms with Gasteiger partial charge in [0.05, 0.1) is 18.2 Å². The maximum atomic E-state index is 12.4. The Hall–Kier alpha value is -1.48. The average Bonchev–Trinajstić information content (AvgIpc) is 3.26. The summed E-state index contributed by atoms with van der Waals surface area (Å²) in [5.41, 5.74) is 0.645. The highest BCUT2D eigenvalue weighted by Gasteiger charge is 2.60. The molecule has 0 bridgehead atoms. The zero-order valence-electron chi connectivity index (χ0n) is 25.4. The van der Waals surface area contributed by atoms with E-state index in [-0.39, 0.29) is 30.8 Å². The lowest BCUT2D eigenvalue weighted by Crippen LogP contribution is -2.54. The summed E-state index contributed by atoms with van der Waals surface area (Å²) in [6.07, 6.45) is 9.87. The van der Waals surface area contributed by atoms with Crippen molar-refractivity contribution < 1.29 is 48.4 Å². The second-order valence-electron chi connectivity index (χ2n) is 14.4. The lowest BCUT2D eigenvalue weighted by Gasteiger charge is -2.61. The van der Waals surface area contributed by atoms with Gasteiger partial charge in [0.2, 0.25) is 6.79 Å². The fourth-order valence-corrected chi connectivity index (χ4v) is 10.8. The third-order valence-corrected chi connectivity index (χ3v) is 13.1. The van der Waals surface area contributed by atoms with E-state index in [0.717, 1.165) is 37.0 Å². The van der Waals surface area contributed by atoms with Crippen molar-refractivity contribution in [2.45, 2.75) is 110 Å². The van der Waals surface area contributed by atoms with Crippen molar-refractivity contribution in [3.8, 4) is 0 Å². The lowest BCUT2D eigenvalue weighted by atomic mass is 9.44. The van der Waals surface area contributed by atoms with E-state index in [4.69, 9.17) is 24.4 Å². The van der Waals surface area contributed by atoms with Gasteiger partial charge in [-0.3, -0.25) is 18.9 Å². The van der Waals surface area contributed by atoms with E-state index in [9.17, 15) is 24.1 Å². The SMILES string of the molecule is CC(CCC(=O)OCOC(=O)CCC(CP(=O)(O)O)C(=O)O)C1CCC2C3CCC4C[C@H](O)CC[C@]4(C)C3CC[C@]12C. The monoisotopic (exact) mass is 614 g/mol. The Labute approximate surface area is 249 Å². The van der Waals surface area contributed by atoms with Crippen molar-refractivity contribution in [3.63, 3.8) is 0 Å². The van der Waals surface area contributed by atoms with Crippen molar-refractivity contribution in [3.05, 3.63) is 0 Å². The van der Waals surface area contributed by atoms with E-state index in [1.54, 1.807) is 0 Å². The molecule has 240 valence electrons. The van der Waals surface area contributed by atoms with Gasteiger partial charge in [0.25, 0.3) is 0 Å². The minimum Gasteiger partial charge on any atom is -0.481 e. The topological polar surface area (TPSA) is 168 Å². The van der Waals surface area contributed by atoms with E-state index >= 15 is 0 Å². The molecule has 0 aromatic rings. The predicted octanol–water partition coefficient (Wildman–Crippen LogP) is 5.13. The Kier molecular flexibility index (Phi) is 10.5. The summed E-state index contributed by atoms with van der Waals surface area (Å²) in [6, 6.07) is 0. The van der Waals surface area contributed by atoms with Gasteiger partial charge in [-0.1, -0.05) is 20.8 Å². The van der Waals surface area contributed by atoms with E-state index < -0.39 is 44.4 Å². The molecule has 0 saturated heterocycles. The molecule has 0 heterocycles. The summed E-state index contributed by atoms with van der Waals surface area (Å²) in [4.78, 5) is 53.5. The van der Waals surface area contributed by atoms with Gasteiger partial charge in [-0.05, 0) is 117 Å². The molecule has 0 amide bonds. The molecule has 4 saturated carbocycles. The van der Waals surface area contributed by atoms with Gasteiger partial charge >= 0.3 is 25.5 Å². The van der Waals surface area contributed by atoms with E-state index in [1.165, 1.54) is 38.5 Å². The number of aliphatic hydroxyl groups excluding tert-OH is 1. The predicted molar refractivity (Wildman–Crippen MR) is 154 cm³/mol. The van der Waals surface area contributed by atoms with Crippen molar-refractivity contribution >= 4 is 25.5 Å². The number of aliphatic hydroxyl groups is 1. The van der Waals surface area contributed by atoms with E-state index in [0.29, 0.717) is 29.6 Å². The molecule has 0 aliphatic heterocycles. The van der Waals surface area contributed by atoms with Crippen LogP contribution in [0.5, 0.6) is 0 Å². The zero-order valence-corrected chi connectivity index (χ0v) is 26.3. The van der Waals surface area contributed by atoms with Crippen LogP contribution in [0.25, 0.3) is 0 Å². The Morgan fingerprint density at radius 3 is 2.14 bits per heavy atom. The number of hydrogen-bond donors (Lipinski definition) is 4.